The fourth-order valence-corrected chi connectivity index (χ4v) is 1.35. The molecule has 0 fully saturated rings. The maximum absolute atomic E-state index is 11.1. The summed E-state index contributed by atoms with van der Waals surface area (Å²) in [5.74, 6) is -0.237. The summed E-state index contributed by atoms with van der Waals surface area (Å²) in [5.41, 5.74) is 5.37. The fraction of sp³-hybridized carbons (Fsp3) is 0.571. The van der Waals surface area contributed by atoms with E-state index < -0.39 is 6.04 Å². The Morgan fingerprint density at radius 3 is 2.85 bits per heavy atom. The summed E-state index contributed by atoms with van der Waals surface area (Å²) in [6.45, 7) is 3.61. The maximum Gasteiger partial charge on any atom is 0.242 e. The number of nitrogens with zero attached hydrogens (tertiary/aromatic N) is 2. The number of aromatic nitrogens is 2. The van der Waals surface area contributed by atoms with Crippen molar-refractivity contribution in [3.8, 4) is 0 Å². The Morgan fingerprint density at radius 2 is 2.38 bits per heavy atom. The third-order valence-electron chi connectivity index (χ3n) is 1.41. The molecule has 1 unspecified atom stereocenters. The zero-order valence-corrected chi connectivity index (χ0v) is 8.39. The summed E-state index contributed by atoms with van der Waals surface area (Å²) in [4.78, 5) is 11.1. The maximum atomic E-state index is 11.1. The van der Waals surface area contributed by atoms with Crippen LogP contribution in [0.15, 0.2) is 0 Å². The van der Waals surface area contributed by atoms with Crippen molar-refractivity contribution in [2.45, 2.75) is 26.3 Å². The Balaban J connectivity index is 2.59. The SMILES string of the molecule is CCc1nnc(NC(=O)C(C)N)s1. The third kappa shape index (κ3) is 2.74. The molecule has 3 N–H and O–H groups in total. The van der Waals surface area contributed by atoms with Gasteiger partial charge in [0.2, 0.25) is 11.0 Å². The highest BCUT2D eigenvalue weighted by atomic mass is 32.1. The van der Waals surface area contributed by atoms with E-state index in [-0.39, 0.29) is 5.91 Å². The second kappa shape index (κ2) is 4.29. The van der Waals surface area contributed by atoms with Gasteiger partial charge >= 0.3 is 0 Å². The first kappa shape index (κ1) is 10.1. The molecule has 0 aliphatic carbocycles. The van der Waals surface area contributed by atoms with Crippen LogP contribution in [-0.2, 0) is 11.2 Å². The predicted molar refractivity (Wildman–Crippen MR) is 51.6 cm³/mol. The standard InChI is InChI=1S/C7H12N4OS/c1-3-5-10-11-7(13-5)9-6(12)4(2)8/h4H,3,8H2,1-2H3,(H,9,11,12). The summed E-state index contributed by atoms with van der Waals surface area (Å²) >= 11 is 1.37. The van der Waals surface area contributed by atoms with Crippen molar-refractivity contribution < 1.29 is 4.79 Å². The number of aryl methyl sites for hydroxylation is 1. The number of nitrogens with two attached hydrogens (primary N) is 1. The third-order valence-corrected chi connectivity index (χ3v) is 2.40. The molecule has 5 nitrogen and oxygen atoms in total. The molecular formula is C7H12N4OS. The molecule has 1 aromatic heterocycles. The van der Waals surface area contributed by atoms with Gasteiger partial charge in [0.15, 0.2) is 0 Å². The summed E-state index contributed by atoms with van der Waals surface area (Å²) in [6.07, 6.45) is 0.825. The van der Waals surface area contributed by atoms with Crippen molar-refractivity contribution in [2.24, 2.45) is 5.73 Å². The summed E-state index contributed by atoms with van der Waals surface area (Å²) in [7, 11) is 0. The first-order valence-electron chi connectivity index (χ1n) is 4.02. The summed E-state index contributed by atoms with van der Waals surface area (Å²) in [5, 5.41) is 11.6. The van der Waals surface area contributed by atoms with E-state index in [0.717, 1.165) is 11.4 Å². The van der Waals surface area contributed by atoms with Gasteiger partial charge in [-0.2, -0.15) is 0 Å². The van der Waals surface area contributed by atoms with Gasteiger partial charge in [-0.05, 0) is 13.3 Å². The second-order valence-corrected chi connectivity index (χ2v) is 3.69. The molecule has 13 heavy (non-hydrogen) atoms. The molecular weight excluding hydrogens is 188 g/mol. The summed E-state index contributed by atoms with van der Waals surface area (Å²) in [6, 6.07) is -0.519. The van der Waals surface area contributed by atoms with E-state index in [1.54, 1.807) is 6.92 Å². The van der Waals surface area contributed by atoms with Crippen LogP contribution in [0, 0.1) is 0 Å². The molecule has 0 aliphatic heterocycles. The molecule has 0 radical (unpaired) electrons. The smallest absolute Gasteiger partial charge is 0.242 e. The van der Waals surface area contributed by atoms with E-state index >= 15 is 0 Å². The highest BCUT2D eigenvalue weighted by molar-refractivity contribution is 7.15. The van der Waals surface area contributed by atoms with Crippen LogP contribution in [-0.4, -0.2) is 22.1 Å². The van der Waals surface area contributed by atoms with E-state index in [0.29, 0.717) is 5.13 Å². The Labute approximate surface area is 80.4 Å². The molecule has 72 valence electrons. The van der Waals surface area contributed by atoms with E-state index in [1.165, 1.54) is 11.3 Å². The van der Waals surface area contributed by atoms with E-state index in [9.17, 15) is 4.79 Å². The van der Waals surface area contributed by atoms with Gasteiger partial charge in [-0.15, -0.1) is 10.2 Å². The topological polar surface area (TPSA) is 80.9 Å². The number of anilines is 1. The molecule has 0 saturated carbocycles. The largest absolute Gasteiger partial charge is 0.320 e. The lowest BCUT2D eigenvalue weighted by atomic mass is 10.3. The molecule has 6 heteroatoms. The lowest BCUT2D eigenvalue weighted by Gasteiger charge is -2.02. The van der Waals surface area contributed by atoms with Crippen molar-refractivity contribution in [3.05, 3.63) is 5.01 Å². The van der Waals surface area contributed by atoms with Crippen LogP contribution in [0.5, 0.6) is 0 Å². The predicted octanol–water partition coefficient (Wildman–Crippen LogP) is 0.386. The molecule has 0 bridgehead atoms. The Morgan fingerprint density at radius 1 is 1.69 bits per heavy atom. The van der Waals surface area contributed by atoms with Gasteiger partial charge in [0.25, 0.3) is 0 Å². The van der Waals surface area contributed by atoms with Crippen molar-refractivity contribution in [1.82, 2.24) is 10.2 Å². The Kier molecular flexibility index (Phi) is 3.32. The molecule has 1 atom stereocenters. The molecule has 1 amide bonds. The molecule has 1 heterocycles. The molecule has 1 rings (SSSR count). The summed E-state index contributed by atoms with van der Waals surface area (Å²) < 4.78 is 0. The van der Waals surface area contributed by atoms with Crippen LogP contribution < -0.4 is 11.1 Å². The number of nitrogens with one attached hydrogen (secondary N) is 1. The lowest BCUT2D eigenvalue weighted by molar-refractivity contribution is -0.117. The monoisotopic (exact) mass is 200 g/mol. The highest BCUT2D eigenvalue weighted by Crippen LogP contribution is 2.15. The van der Waals surface area contributed by atoms with Crippen molar-refractivity contribution >= 4 is 22.4 Å². The number of amides is 1. The van der Waals surface area contributed by atoms with Crippen molar-refractivity contribution in [3.63, 3.8) is 0 Å². The number of rotatable bonds is 3. The minimum atomic E-state index is -0.519. The second-order valence-electron chi connectivity index (χ2n) is 2.63. The van der Waals surface area contributed by atoms with Gasteiger partial charge < -0.3 is 5.73 Å². The average molecular weight is 200 g/mol. The van der Waals surface area contributed by atoms with Crippen molar-refractivity contribution in [1.29, 1.82) is 0 Å². The van der Waals surface area contributed by atoms with Gasteiger partial charge in [-0.3, -0.25) is 10.1 Å². The van der Waals surface area contributed by atoms with E-state index in [4.69, 9.17) is 5.73 Å². The number of hydrogen-bond donors (Lipinski definition) is 2. The van der Waals surface area contributed by atoms with E-state index in [1.807, 2.05) is 6.92 Å². The first-order chi connectivity index (χ1) is 6.13. The minimum absolute atomic E-state index is 0.237. The van der Waals surface area contributed by atoms with Crippen LogP contribution in [0.3, 0.4) is 0 Å². The molecule has 0 aliphatic rings. The fourth-order valence-electron chi connectivity index (χ4n) is 0.666. The van der Waals surface area contributed by atoms with Gasteiger partial charge in [0.1, 0.15) is 5.01 Å². The van der Waals surface area contributed by atoms with Crippen LogP contribution in [0.25, 0.3) is 0 Å². The molecule has 0 spiro atoms. The lowest BCUT2D eigenvalue weighted by Crippen LogP contribution is -2.32. The number of carbonyl (C=O) groups excluding carboxylic acids is 1. The van der Waals surface area contributed by atoms with Crippen LogP contribution in [0.4, 0.5) is 5.13 Å². The minimum Gasteiger partial charge on any atom is -0.320 e. The van der Waals surface area contributed by atoms with Gasteiger partial charge in [-0.1, -0.05) is 18.3 Å². The normalized spacial score (nSPS) is 12.5. The zero-order valence-electron chi connectivity index (χ0n) is 7.57. The first-order valence-corrected chi connectivity index (χ1v) is 4.84. The number of carbonyl (C=O) groups is 1. The van der Waals surface area contributed by atoms with Gasteiger partial charge in [0.05, 0.1) is 6.04 Å². The molecule has 0 aromatic carbocycles. The van der Waals surface area contributed by atoms with Crippen LogP contribution in [0.2, 0.25) is 0 Å². The van der Waals surface area contributed by atoms with Crippen molar-refractivity contribution in [2.75, 3.05) is 5.32 Å². The average Bonchev–Trinajstić information content (AvgIpc) is 2.52. The highest BCUT2D eigenvalue weighted by Gasteiger charge is 2.10. The molecule has 1 aromatic rings. The zero-order chi connectivity index (χ0) is 9.84. The van der Waals surface area contributed by atoms with Gasteiger partial charge in [-0.25, -0.2) is 0 Å². The van der Waals surface area contributed by atoms with Gasteiger partial charge in [0, 0.05) is 0 Å². The molecule has 0 saturated heterocycles. The Hall–Kier alpha value is -1.01. The van der Waals surface area contributed by atoms with Crippen LogP contribution >= 0.6 is 11.3 Å². The van der Waals surface area contributed by atoms with Crippen LogP contribution in [0.1, 0.15) is 18.9 Å². The number of hydrogen-bond acceptors (Lipinski definition) is 5. The Bertz CT molecular complexity index is 296. The quantitative estimate of drug-likeness (QED) is 0.739. The van der Waals surface area contributed by atoms with E-state index in [2.05, 4.69) is 15.5 Å².